The van der Waals surface area contributed by atoms with Crippen molar-refractivity contribution >= 4 is 39.1 Å². The minimum Gasteiger partial charge on any atom is -0.371 e. The summed E-state index contributed by atoms with van der Waals surface area (Å²) in [6.07, 6.45) is 4.18. The van der Waals surface area contributed by atoms with E-state index in [9.17, 15) is 8.42 Å². The van der Waals surface area contributed by atoms with Crippen LogP contribution in [0.25, 0.3) is 0 Å². The van der Waals surface area contributed by atoms with Crippen LogP contribution in [0.15, 0.2) is 48.9 Å². The largest absolute Gasteiger partial charge is 0.371 e. The Kier molecular flexibility index (Phi) is 6.40. The third-order valence-electron chi connectivity index (χ3n) is 5.61. The predicted molar refractivity (Wildman–Crippen MR) is 126 cm³/mol. The van der Waals surface area contributed by atoms with Crippen molar-refractivity contribution in [3.05, 3.63) is 59.5 Å². The van der Waals surface area contributed by atoms with Gasteiger partial charge in [-0.2, -0.15) is 10.1 Å². The Balaban J connectivity index is 1.23. The van der Waals surface area contributed by atoms with Crippen LogP contribution in [0.2, 0.25) is 5.02 Å². The van der Waals surface area contributed by atoms with Crippen molar-refractivity contribution in [1.29, 1.82) is 0 Å². The second kappa shape index (κ2) is 9.47. The zero-order valence-corrected chi connectivity index (χ0v) is 19.8. The van der Waals surface area contributed by atoms with Gasteiger partial charge in [0.05, 0.1) is 49.1 Å². The number of nitrogens with one attached hydrogen (secondary N) is 3. The number of hydrogen-bond donors (Lipinski definition) is 3. The zero-order chi connectivity index (χ0) is 23.7. The van der Waals surface area contributed by atoms with E-state index in [-0.39, 0.29) is 24.5 Å². The molecule has 1 aromatic carbocycles. The number of benzene rings is 1. The third kappa shape index (κ3) is 5.15. The molecule has 180 valence electrons. The average molecular weight is 506 g/mol. The Bertz CT molecular complexity index is 1260. The first-order valence-corrected chi connectivity index (χ1v) is 12.7. The van der Waals surface area contributed by atoms with Crippen molar-refractivity contribution in [2.24, 2.45) is 7.05 Å². The molecule has 5 rings (SSSR count). The van der Waals surface area contributed by atoms with Gasteiger partial charge in [0, 0.05) is 13.2 Å². The minimum atomic E-state index is -3.56. The minimum absolute atomic E-state index is 0.105. The molecule has 0 amide bonds. The van der Waals surface area contributed by atoms with Crippen molar-refractivity contribution in [2.45, 2.75) is 30.0 Å². The van der Waals surface area contributed by atoms with E-state index in [0.717, 1.165) is 5.69 Å². The van der Waals surface area contributed by atoms with E-state index in [0.29, 0.717) is 29.0 Å². The van der Waals surface area contributed by atoms with Gasteiger partial charge in [0.25, 0.3) is 0 Å². The van der Waals surface area contributed by atoms with Gasteiger partial charge < -0.3 is 20.1 Å². The van der Waals surface area contributed by atoms with E-state index in [1.807, 2.05) is 25.2 Å². The molecule has 4 heterocycles. The number of sulfonamides is 1. The van der Waals surface area contributed by atoms with Crippen LogP contribution in [0.3, 0.4) is 0 Å². The fourth-order valence-electron chi connectivity index (χ4n) is 4.11. The molecule has 11 nitrogen and oxygen atoms in total. The van der Waals surface area contributed by atoms with Crippen molar-refractivity contribution in [1.82, 2.24) is 24.5 Å². The molecule has 2 aliphatic rings. The van der Waals surface area contributed by atoms with Crippen molar-refractivity contribution in [3.63, 3.8) is 0 Å². The Morgan fingerprint density at radius 3 is 2.59 bits per heavy atom. The lowest BCUT2D eigenvalue weighted by Gasteiger charge is -2.19. The van der Waals surface area contributed by atoms with E-state index in [1.54, 1.807) is 29.2 Å². The van der Waals surface area contributed by atoms with Gasteiger partial charge in [-0.15, -0.1) is 0 Å². The number of aryl methyl sites for hydroxylation is 1. The van der Waals surface area contributed by atoms with E-state index < -0.39 is 22.2 Å². The highest BCUT2D eigenvalue weighted by Gasteiger charge is 2.49. The van der Waals surface area contributed by atoms with Gasteiger partial charge >= 0.3 is 0 Å². The Hall–Kier alpha value is -2.77. The summed E-state index contributed by atoms with van der Waals surface area (Å²) >= 11 is 6.31. The summed E-state index contributed by atoms with van der Waals surface area (Å²) < 4.78 is 41.6. The number of fused-ring (bicyclic) bond motifs is 1. The van der Waals surface area contributed by atoms with Crippen LogP contribution in [0, 0.1) is 0 Å². The number of rotatable bonds is 8. The number of ether oxygens (including phenoxy) is 2. The molecule has 0 aliphatic carbocycles. The normalized spacial score (nSPS) is 24.2. The fraction of sp³-hybridized carbons (Fsp3) is 0.381. The topological polar surface area (TPSA) is 132 Å². The first-order chi connectivity index (χ1) is 16.4. The molecule has 3 aromatic rings. The first-order valence-electron chi connectivity index (χ1n) is 10.7. The zero-order valence-electron chi connectivity index (χ0n) is 18.3. The summed E-state index contributed by atoms with van der Waals surface area (Å²) in [5, 5.41) is 10.8. The smallest absolute Gasteiger partial charge is 0.229 e. The molecule has 2 aliphatic heterocycles. The van der Waals surface area contributed by atoms with Gasteiger partial charge in [-0.1, -0.05) is 41.9 Å². The molecular weight excluding hydrogens is 482 g/mol. The molecule has 4 atom stereocenters. The van der Waals surface area contributed by atoms with E-state index in [1.165, 1.54) is 6.20 Å². The van der Waals surface area contributed by atoms with Crippen LogP contribution in [0.1, 0.15) is 5.56 Å². The maximum atomic E-state index is 12.7. The molecule has 2 saturated heterocycles. The number of nitrogens with zero attached hydrogens (tertiary/aromatic N) is 4. The molecule has 13 heteroatoms. The molecule has 0 spiro atoms. The van der Waals surface area contributed by atoms with Crippen molar-refractivity contribution in [3.8, 4) is 0 Å². The lowest BCUT2D eigenvalue weighted by atomic mass is 10.1. The van der Waals surface area contributed by atoms with Gasteiger partial charge in [-0.25, -0.2) is 18.1 Å². The Morgan fingerprint density at radius 2 is 1.85 bits per heavy atom. The van der Waals surface area contributed by atoms with Gasteiger partial charge in [0.15, 0.2) is 5.82 Å². The highest BCUT2D eigenvalue weighted by molar-refractivity contribution is 7.88. The molecule has 2 aromatic heterocycles. The van der Waals surface area contributed by atoms with Gasteiger partial charge in [0.2, 0.25) is 16.0 Å². The number of hydrogen-bond acceptors (Lipinski definition) is 9. The summed E-state index contributed by atoms with van der Waals surface area (Å²) in [5.74, 6) is 0.676. The highest BCUT2D eigenvalue weighted by atomic mass is 35.5. The first kappa shape index (κ1) is 23.0. The number of aromatic nitrogens is 4. The molecule has 0 radical (unpaired) electrons. The number of anilines is 3. The van der Waals surface area contributed by atoms with Gasteiger partial charge in [-0.3, -0.25) is 4.68 Å². The maximum Gasteiger partial charge on any atom is 0.229 e. The monoisotopic (exact) mass is 505 g/mol. The Morgan fingerprint density at radius 1 is 1.12 bits per heavy atom. The van der Waals surface area contributed by atoms with Crippen LogP contribution in [-0.2, 0) is 32.3 Å². The summed E-state index contributed by atoms with van der Waals surface area (Å²) in [4.78, 5) is 8.66. The van der Waals surface area contributed by atoms with Gasteiger partial charge in [-0.05, 0) is 5.56 Å². The quantitative estimate of drug-likeness (QED) is 0.418. The summed E-state index contributed by atoms with van der Waals surface area (Å²) in [6, 6.07) is 8.30. The molecule has 2 fully saturated rings. The van der Waals surface area contributed by atoms with E-state index >= 15 is 0 Å². The molecule has 2 unspecified atom stereocenters. The van der Waals surface area contributed by atoms with Crippen LogP contribution in [0.4, 0.5) is 17.5 Å². The van der Waals surface area contributed by atoms with E-state index in [4.69, 9.17) is 21.1 Å². The lowest BCUT2D eigenvalue weighted by Crippen LogP contribution is -2.45. The Labute approximate surface area is 201 Å². The molecule has 34 heavy (non-hydrogen) atoms. The van der Waals surface area contributed by atoms with Gasteiger partial charge in [0.1, 0.15) is 17.2 Å². The predicted octanol–water partition coefficient (Wildman–Crippen LogP) is 1.67. The van der Waals surface area contributed by atoms with Crippen molar-refractivity contribution < 1.29 is 17.9 Å². The third-order valence-corrected chi connectivity index (χ3v) is 7.26. The standard InChI is InChI=1S/C21H24ClN7O4S/c1-29-9-14(7-24-29)25-21-23-8-15(22)20(27-21)26-16-10-32-19-17(11-33-18(16)19)28-34(30,31)12-13-5-3-2-4-6-13/h2-9,16-19,28H,10-12H2,1H3,(H2,23,25,26,27)/t16-,17+,18?,19?/m1/s1. The van der Waals surface area contributed by atoms with Crippen LogP contribution >= 0.6 is 11.6 Å². The highest BCUT2D eigenvalue weighted by Crippen LogP contribution is 2.31. The fourth-order valence-corrected chi connectivity index (χ4v) is 5.63. The molecule has 0 saturated carbocycles. The molecule has 3 N–H and O–H groups in total. The van der Waals surface area contributed by atoms with Crippen LogP contribution in [-0.4, -0.2) is 65.7 Å². The summed E-state index contributed by atoms with van der Waals surface area (Å²) in [7, 11) is -1.75. The SMILES string of the molecule is Cn1cc(Nc2ncc(Cl)c(N[C@@H]3COC4C3OC[C@@H]4NS(=O)(=O)Cc3ccccc3)n2)cn1. The van der Waals surface area contributed by atoms with Crippen LogP contribution < -0.4 is 15.4 Å². The molecular formula is C21H24ClN7O4S. The second-order valence-electron chi connectivity index (χ2n) is 8.23. The molecule has 0 bridgehead atoms. The van der Waals surface area contributed by atoms with Crippen LogP contribution in [0.5, 0.6) is 0 Å². The summed E-state index contributed by atoms with van der Waals surface area (Å²) in [5.41, 5.74) is 1.45. The number of halogens is 1. The lowest BCUT2D eigenvalue weighted by molar-refractivity contribution is 0.0690. The average Bonchev–Trinajstić information content (AvgIpc) is 3.49. The van der Waals surface area contributed by atoms with Crippen molar-refractivity contribution in [2.75, 3.05) is 23.8 Å². The second-order valence-corrected chi connectivity index (χ2v) is 10.4. The maximum absolute atomic E-state index is 12.7. The van der Waals surface area contributed by atoms with E-state index in [2.05, 4.69) is 30.4 Å². The summed E-state index contributed by atoms with van der Waals surface area (Å²) in [6.45, 7) is 0.533.